The lowest BCUT2D eigenvalue weighted by molar-refractivity contribution is -0.134. The molecular weight excluding hydrogens is 402 g/mol. The molecule has 2 aromatic heterocycles. The fourth-order valence-corrected chi connectivity index (χ4v) is 5.35. The standard InChI is InChI=1S/C22H21N3O2S2/c26-22(15-24-9-10-27-19-6-2-1-5-16(19)14-24)25-18(21-8-4-12-29-21)13-17(23-25)20-7-3-11-28-20/h1-8,11-12,18H,9-10,13-15H2. The molecule has 2 aliphatic heterocycles. The summed E-state index contributed by atoms with van der Waals surface area (Å²) >= 11 is 3.35. The van der Waals surface area contributed by atoms with Crippen LogP contribution >= 0.6 is 22.7 Å². The van der Waals surface area contributed by atoms with Crippen molar-refractivity contribution in [3.8, 4) is 5.75 Å². The zero-order valence-corrected chi connectivity index (χ0v) is 17.5. The number of carbonyl (C=O) groups is 1. The minimum atomic E-state index is -0.0184. The van der Waals surface area contributed by atoms with Gasteiger partial charge in [0.15, 0.2) is 0 Å². The van der Waals surface area contributed by atoms with E-state index in [0.29, 0.717) is 19.7 Å². The summed E-state index contributed by atoms with van der Waals surface area (Å²) < 4.78 is 5.84. The van der Waals surface area contributed by atoms with Gasteiger partial charge in [0, 0.05) is 30.0 Å². The van der Waals surface area contributed by atoms with Gasteiger partial charge >= 0.3 is 0 Å². The van der Waals surface area contributed by atoms with Gasteiger partial charge in [-0.2, -0.15) is 5.10 Å². The van der Waals surface area contributed by atoms with Gasteiger partial charge in [-0.25, -0.2) is 5.01 Å². The van der Waals surface area contributed by atoms with E-state index in [1.807, 2.05) is 30.3 Å². The van der Waals surface area contributed by atoms with Crippen molar-refractivity contribution in [3.05, 3.63) is 74.6 Å². The first-order valence-electron chi connectivity index (χ1n) is 9.68. The maximum absolute atomic E-state index is 13.3. The highest BCUT2D eigenvalue weighted by molar-refractivity contribution is 7.12. The summed E-state index contributed by atoms with van der Waals surface area (Å²) in [6.45, 7) is 2.35. The van der Waals surface area contributed by atoms with Gasteiger partial charge in [0.2, 0.25) is 0 Å². The summed E-state index contributed by atoms with van der Waals surface area (Å²) in [7, 11) is 0. The van der Waals surface area contributed by atoms with Gasteiger partial charge in [0.25, 0.3) is 5.91 Å². The Hall–Kier alpha value is -2.48. The van der Waals surface area contributed by atoms with Crippen molar-refractivity contribution >= 4 is 34.3 Å². The number of rotatable bonds is 4. The van der Waals surface area contributed by atoms with Crippen molar-refractivity contribution in [1.82, 2.24) is 9.91 Å². The van der Waals surface area contributed by atoms with E-state index in [2.05, 4.69) is 33.9 Å². The van der Waals surface area contributed by atoms with Crippen molar-refractivity contribution < 1.29 is 9.53 Å². The smallest absolute Gasteiger partial charge is 0.257 e. The van der Waals surface area contributed by atoms with E-state index < -0.39 is 0 Å². The number of hydrogen-bond donors (Lipinski definition) is 0. The fraction of sp³-hybridized carbons (Fsp3) is 0.273. The molecule has 0 fully saturated rings. The third kappa shape index (κ3) is 3.85. The molecule has 1 unspecified atom stereocenters. The molecule has 0 radical (unpaired) electrons. The highest BCUT2D eigenvalue weighted by Crippen LogP contribution is 2.36. The van der Waals surface area contributed by atoms with E-state index in [4.69, 9.17) is 9.84 Å². The Morgan fingerprint density at radius 2 is 1.97 bits per heavy atom. The quantitative estimate of drug-likeness (QED) is 0.626. The van der Waals surface area contributed by atoms with Crippen molar-refractivity contribution in [2.75, 3.05) is 19.7 Å². The Morgan fingerprint density at radius 1 is 1.10 bits per heavy atom. The van der Waals surface area contributed by atoms with Crippen molar-refractivity contribution in [2.24, 2.45) is 5.10 Å². The molecule has 0 spiro atoms. The molecule has 0 N–H and O–H groups in total. The molecule has 0 bridgehead atoms. The number of amides is 1. The van der Waals surface area contributed by atoms with Crippen LogP contribution < -0.4 is 4.74 Å². The Bertz CT molecular complexity index is 1010. The first-order chi connectivity index (χ1) is 14.3. The minimum Gasteiger partial charge on any atom is -0.492 e. The summed E-state index contributed by atoms with van der Waals surface area (Å²) in [4.78, 5) is 17.8. The average molecular weight is 424 g/mol. The first-order valence-corrected chi connectivity index (χ1v) is 11.4. The van der Waals surface area contributed by atoms with Gasteiger partial charge in [-0.1, -0.05) is 30.3 Å². The predicted octanol–water partition coefficient (Wildman–Crippen LogP) is 4.38. The monoisotopic (exact) mass is 423 g/mol. The van der Waals surface area contributed by atoms with E-state index >= 15 is 0 Å². The summed E-state index contributed by atoms with van der Waals surface area (Å²) in [5.74, 6) is 0.951. The molecule has 7 heteroatoms. The third-order valence-corrected chi connectivity index (χ3v) is 7.13. The van der Waals surface area contributed by atoms with E-state index in [1.54, 1.807) is 27.7 Å². The number of para-hydroxylation sites is 1. The number of carbonyl (C=O) groups excluding carboxylic acids is 1. The summed E-state index contributed by atoms with van der Waals surface area (Å²) in [5, 5.41) is 10.6. The second-order valence-corrected chi connectivity index (χ2v) is 9.09. The van der Waals surface area contributed by atoms with Crippen molar-refractivity contribution in [2.45, 2.75) is 19.0 Å². The van der Waals surface area contributed by atoms with Gasteiger partial charge in [-0.3, -0.25) is 9.69 Å². The molecule has 29 heavy (non-hydrogen) atoms. The molecule has 0 aliphatic carbocycles. The minimum absolute atomic E-state index is 0.0184. The molecule has 148 valence electrons. The first kappa shape index (κ1) is 18.5. The number of fused-ring (bicyclic) bond motifs is 1. The highest BCUT2D eigenvalue weighted by atomic mass is 32.1. The predicted molar refractivity (Wildman–Crippen MR) is 117 cm³/mol. The number of hydrazone groups is 1. The second-order valence-electron chi connectivity index (χ2n) is 7.16. The lowest BCUT2D eigenvalue weighted by Gasteiger charge is -2.25. The molecular formula is C22H21N3O2S2. The lowest BCUT2D eigenvalue weighted by atomic mass is 10.1. The van der Waals surface area contributed by atoms with Crippen LogP contribution in [0.25, 0.3) is 0 Å². The average Bonchev–Trinajstić information content (AvgIpc) is 3.47. The van der Waals surface area contributed by atoms with Gasteiger partial charge in [-0.15, -0.1) is 22.7 Å². The molecule has 1 aromatic carbocycles. The normalized spacial score (nSPS) is 19.4. The van der Waals surface area contributed by atoms with Crippen LogP contribution in [0.15, 0.2) is 64.4 Å². The number of benzene rings is 1. The van der Waals surface area contributed by atoms with Gasteiger partial charge in [-0.05, 0) is 29.0 Å². The molecule has 5 nitrogen and oxygen atoms in total. The lowest BCUT2D eigenvalue weighted by Crippen LogP contribution is -2.38. The van der Waals surface area contributed by atoms with E-state index in [9.17, 15) is 4.79 Å². The van der Waals surface area contributed by atoms with Crippen LogP contribution in [0.5, 0.6) is 5.75 Å². The zero-order valence-electron chi connectivity index (χ0n) is 15.9. The van der Waals surface area contributed by atoms with Crippen molar-refractivity contribution in [1.29, 1.82) is 0 Å². The van der Waals surface area contributed by atoms with Gasteiger partial charge in [0.1, 0.15) is 12.4 Å². The third-order valence-electron chi connectivity index (χ3n) is 5.23. The van der Waals surface area contributed by atoms with Crippen LogP contribution in [-0.2, 0) is 11.3 Å². The Labute approximate surface area is 177 Å². The van der Waals surface area contributed by atoms with Gasteiger partial charge < -0.3 is 4.74 Å². The Kier molecular flexibility index (Phi) is 5.18. The summed E-state index contributed by atoms with van der Waals surface area (Å²) in [6, 6.07) is 16.3. The topological polar surface area (TPSA) is 45.1 Å². The van der Waals surface area contributed by atoms with Crippen molar-refractivity contribution in [3.63, 3.8) is 0 Å². The number of ether oxygens (including phenoxy) is 1. The summed E-state index contributed by atoms with van der Waals surface area (Å²) in [6.07, 6.45) is 0.763. The molecule has 1 amide bonds. The molecule has 5 rings (SSSR count). The zero-order chi connectivity index (χ0) is 19.6. The Morgan fingerprint density at radius 3 is 2.79 bits per heavy atom. The second kappa shape index (κ2) is 8.10. The maximum atomic E-state index is 13.3. The molecule has 4 heterocycles. The van der Waals surface area contributed by atoms with Gasteiger partial charge in [0.05, 0.1) is 23.2 Å². The number of thiophene rings is 2. The largest absolute Gasteiger partial charge is 0.492 e. The molecule has 2 aliphatic rings. The van der Waals surface area contributed by atoms with Crippen LogP contribution in [0, 0.1) is 0 Å². The van der Waals surface area contributed by atoms with Crippen LogP contribution in [0.4, 0.5) is 0 Å². The SMILES string of the molecule is O=C(CN1CCOc2ccccc2C1)N1N=C(c2cccs2)CC1c1cccs1. The molecule has 0 saturated carbocycles. The molecule has 1 atom stereocenters. The molecule has 3 aromatic rings. The molecule has 0 saturated heterocycles. The van der Waals surface area contributed by atoms with E-state index in [1.165, 1.54) is 4.88 Å². The van der Waals surface area contributed by atoms with E-state index in [-0.39, 0.29) is 11.9 Å². The number of hydrogen-bond acceptors (Lipinski definition) is 6. The Balaban J connectivity index is 1.36. The van der Waals surface area contributed by atoms with Crippen LogP contribution in [0.2, 0.25) is 0 Å². The summed E-state index contributed by atoms with van der Waals surface area (Å²) in [5.41, 5.74) is 2.12. The van der Waals surface area contributed by atoms with Crippen LogP contribution in [0.1, 0.15) is 27.8 Å². The van der Waals surface area contributed by atoms with Crippen LogP contribution in [0.3, 0.4) is 0 Å². The highest BCUT2D eigenvalue weighted by Gasteiger charge is 2.34. The fourth-order valence-electron chi connectivity index (χ4n) is 3.81. The van der Waals surface area contributed by atoms with E-state index in [0.717, 1.165) is 34.9 Å². The number of nitrogens with zero attached hydrogens (tertiary/aromatic N) is 3. The van der Waals surface area contributed by atoms with Crippen LogP contribution in [-0.4, -0.2) is 41.2 Å². The maximum Gasteiger partial charge on any atom is 0.257 e.